The molecule has 1 aromatic heterocycles. The highest BCUT2D eigenvalue weighted by atomic mass is 16.6. The minimum atomic E-state index is -0.480. The van der Waals surface area contributed by atoms with Crippen molar-refractivity contribution < 1.29 is 9.72 Å². The van der Waals surface area contributed by atoms with E-state index in [1.54, 1.807) is 10.7 Å². The standard InChI is InChI=1S/C19H19N3O3/c1-19(2,3)17(23)12-21-16-10-9-14(22(24)25)11-15(16)18(20-21)13-7-5-4-6-8-13/h4-11H,12H2,1-3H3. The molecule has 0 aliphatic heterocycles. The molecule has 3 rings (SSSR count). The van der Waals surface area contributed by atoms with Crippen molar-refractivity contribution in [1.29, 1.82) is 0 Å². The van der Waals surface area contributed by atoms with Gasteiger partial charge in [0.25, 0.3) is 5.69 Å². The van der Waals surface area contributed by atoms with Crippen LogP contribution in [0.25, 0.3) is 22.2 Å². The molecule has 0 fully saturated rings. The first kappa shape index (κ1) is 16.8. The van der Waals surface area contributed by atoms with Gasteiger partial charge in [-0.3, -0.25) is 19.6 Å². The zero-order chi connectivity index (χ0) is 18.2. The molecule has 0 spiro atoms. The second kappa shape index (κ2) is 6.12. The normalized spacial score (nSPS) is 11.6. The van der Waals surface area contributed by atoms with Crippen molar-refractivity contribution in [2.75, 3.05) is 0 Å². The summed E-state index contributed by atoms with van der Waals surface area (Å²) in [5.41, 5.74) is 1.73. The molecule has 6 heteroatoms. The molecule has 0 atom stereocenters. The summed E-state index contributed by atoms with van der Waals surface area (Å²) in [6.07, 6.45) is 0. The summed E-state index contributed by atoms with van der Waals surface area (Å²) in [5, 5.41) is 16.4. The van der Waals surface area contributed by atoms with Crippen LogP contribution in [0, 0.1) is 15.5 Å². The highest BCUT2D eigenvalue weighted by Gasteiger charge is 2.24. The van der Waals surface area contributed by atoms with Crippen LogP contribution in [0.5, 0.6) is 0 Å². The number of rotatable bonds is 4. The van der Waals surface area contributed by atoms with E-state index >= 15 is 0 Å². The lowest BCUT2D eigenvalue weighted by Crippen LogP contribution is -2.25. The molecule has 0 unspecified atom stereocenters. The highest BCUT2D eigenvalue weighted by molar-refractivity contribution is 5.95. The summed E-state index contributed by atoms with van der Waals surface area (Å²) in [4.78, 5) is 23.1. The van der Waals surface area contributed by atoms with Crippen molar-refractivity contribution in [2.24, 2.45) is 5.41 Å². The number of fused-ring (bicyclic) bond motifs is 1. The van der Waals surface area contributed by atoms with E-state index < -0.39 is 10.3 Å². The molecule has 0 saturated heterocycles. The Kier molecular flexibility index (Phi) is 4.12. The van der Waals surface area contributed by atoms with Crippen molar-refractivity contribution >= 4 is 22.4 Å². The number of carbonyl (C=O) groups excluding carboxylic acids is 1. The fourth-order valence-electron chi connectivity index (χ4n) is 2.58. The van der Waals surface area contributed by atoms with Gasteiger partial charge in [-0.2, -0.15) is 5.10 Å². The van der Waals surface area contributed by atoms with Crippen LogP contribution in [-0.2, 0) is 11.3 Å². The number of nitro benzene ring substituents is 1. The lowest BCUT2D eigenvalue weighted by atomic mass is 9.91. The Bertz CT molecular complexity index is 953. The van der Waals surface area contributed by atoms with Gasteiger partial charge in [-0.1, -0.05) is 51.1 Å². The number of Topliss-reactive ketones (excluding diaryl/α,β-unsaturated/α-hetero) is 1. The van der Waals surface area contributed by atoms with Crippen LogP contribution in [0.15, 0.2) is 48.5 Å². The number of benzene rings is 2. The van der Waals surface area contributed by atoms with Crippen LogP contribution in [-0.4, -0.2) is 20.5 Å². The Morgan fingerprint density at radius 1 is 1.16 bits per heavy atom. The quantitative estimate of drug-likeness (QED) is 0.527. The average Bonchev–Trinajstić information content (AvgIpc) is 2.92. The van der Waals surface area contributed by atoms with Gasteiger partial charge in [-0.25, -0.2) is 0 Å². The van der Waals surface area contributed by atoms with Crippen LogP contribution in [0.4, 0.5) is 5.69 Å². The molecular formula is C19H19N3O3. The maximum Gasteiger partial charge on any atom is 0.270 e. The summed E-state index contributed by atoms with van der Waals surface area (Å²) in [7, 11) is 0. The summed E-state index contributed by atoms with van der Waals surface area (Å²) in [5.74, 6) is 0.0508. The van der Waals surface area contributed by atoms with Gasteiger partial charge in [-0.15, -0.1) is 0 Å². The summed E-state index contributed by atoms with van der Waals surface area (Å²) in [6, 6.07) is 14.1. The van der Waals surface area contributed by atoms with Gasteiger partial charge in [0.2, 0.25) is 0 Å². The molecule has 0 aliphatic rings. The first-order valence-electron chi connectivity index (χ1n) is 8.01. The molecule has 0 aliphatic carbocycles. The van der Waals surface area contributed by atoms with Crippen molar-refractivity contribution in [3.8, 4) is 11.3 Å². The average molecular weight is 337 g/mol. The molecular weight excluding hydrogens is 318 g/mol. The number of nitrogens with zero attached hydrogens (tertiary/aromatic N) is 3. The van der Waals surface area contributed by atoms with Crippen molar-refractivity contribution in [2.45, 2.75) is 27.3 Å². The number of nitro groups is 1. The molecule has 6 nitrogen and oxygen atoms in total. The predicted octanol–water partition coefficient (Wildman–Crippen LogP) is 4.23. The number of aromatic nitrogens is 2. The van der Waals surface area contributed by atoms with Crippen molar-refractivity contribution in [3.63, 3.8) is 0 Å². The Morgan fingerprint density at radius 2 is 1.84 bits per heavy atom. The highest BCUT2D eigenvalue weighted by Crippen LogP contribution is 2.31. The Morgan fingerprint density at radius 3 is 2.44 bits per heavy atom. The molecule has 1 heterocycles. The van der Waals surface area contributed by atoms with Gasteiger partial charge < -0.3 is 0 Å². The van der Waals surface area contributed by atoms with E-state index in [9.17, 15) is 14.9 Å². The largest absolute Gasteiger partial charge is 0.297 e. The van der Waals surface area contributed by atoms with Gasteiger partial charge in [0, 0.05) is 28.5 Å². The van der Waals surface area contributed by atoms with Crippen molar-refractivity contribution in [3.05, 3.63) is 58.6 Å². The van der Waals surface area contributed by atoms with Gasteiger partial charge in [0.1, 0.15) is 12.2 Å². The topological polar surface area (TPSA) is 78.0 Å². The second-order valence-corrected chi connectivity index (χ2v) is 7.00. The fraction of sp³-hybridized carbons (Fsp3) is 0.263. The Balaban J connectivity index is 2.19. The maximum atomic E-state index is 12.4. The molecule has 0 bridgehead atoms. The molecule has 0 N–H and O–H groups in total. The van der Waals surface area contributed by atoms with Gasteiger partial charge in [-0.05, 0) is 6.07 Å². The Hall–Kier alpha value is -3.02. The van der Waals surface area contributed by atoms with E-state index in [0.717, 1.165) is 5.56 Å². The third-order valence-corrected chi connectivity index (χ3v) is 4.12. The number of hydrogen-bond donors (Lipinski definition) is 0. The third kappa shape index (κ3) is 3.28. The summed E-state index contributed by atoms with van der Waals surface area (Å²) >= 11 is 0. The smallest absolute Gasteiger partial charge is 0.270 e. The third-order valence-electron chi connectivity index (χ3n) is 4.12. The first-order valence-corrected chi connectivity index (χ1v) is 8.01. The van der Waals surface area contributed by atoms with Crippen LogP contribution in [0.1, 0.15) is 20.8 Å². The number of hydrogen-bond acceptors (Lipinski definition) is 4. The van der Waals surface area contributed by atoms with E-state index in [0.29, 0.717) is 16.6 Å². The van der Waals surface area contributed by atoms with E-state index in [4.69, 9.17) is 0 Å². The van der Waals surface area contributed by atoms with E-state index in [1.807, 2.05) is 51.1 Å². The second-order valence-electron chi connectivity index (χ2n) is 7.00. The molecule has 128 valence electrons. The van der Waals surface area contributed by atoms with Crippen LogP contribution in [0.3, 0.4) is 0 Å². The molecule has 0 radical (unpaired) electrons. The van der Waals surface area contributed by atoms with Crippen LogP contribution in [0.2, 0.25) is 0 Å². The minimum Gasteiger partial charge on any atom is -0.297 e. The van der Waals surface area contributed by atoms with Crippen LogP contribution < -0.4 is 0 Å². The SMILES string of the molecule is CC(C)(C)C(=O)Cn1nc(-c2ccccc2)c2cc([N+](=O)[O-])ccc21. The number of ketones is 1. The van der Waals surface area contributed by atoms with Gasteiger partial charge in [0.15, 0.2) is 5.78 Å². The summed E-state index contributed by atoms with van der Waals surface area (Å²) in [6.45, 7) is 5.72. The lowest BCUT2D eigenvalue weighted by Gasteiger charge is -2.16. The minimum absolute atomic E-state index is 0.00591. The molecule has 2 aromatic carbocycles. The molecule has 0 saturated carbocycles. The van der Waals surface area contributed by atoms with Crippen LogP contribution >= 0.6 is 0 Å². The maximum absolute atomic E-state index is 12.4. The van der Waals surface area contributed by atoms with Crippen molar-refractivity contribution in [1.82, 2.24) is 9.78 Å². The zero-order valence-electron chi connectivity index (χ0n) is 14.4. The fourth-order valence-corrected chi connectivity index (χ4v) is 2.58. The van der Waals surface area contributed by atoms with Gasteiger partial charge >= 0.3 is 0 Å². The first-order chi connectivity index (χ1) is 11.8. The zero-order valence-corrected chi connectivity index (χ0v) is 14.4. The molecule has 25 heavy (non-hydrogen) atoms. The molecule has 3 aromatic rings. The predicted molar refractivity (Wildman–Crippen MR) is 96.3 cm³/mol. The summed E-state index contributed by atoms with van der Waals surface area (Å²) < 4.78 is 1.63. The van der Waals surface area contributed by atoms with E-state index in [2.05, 4.69) is 5.10 Å². The van der Waals surface area contributed by atoms with E-state index in [1.165, 1.54) is 12.1 Å². The number of non-ortho nitro benzene ring substituents is 1. The Labute approximate surface area is 145 Å². The monoisotopic (exact) mass is 337 g/mol. The van der Waals surface area contributed by atoms with E-state index in [-0.39, 0.29) is 18.0 Å². The van der Waals surface area contributed by atoms with Gasteiger partial charge in [0.05, 0.1) is 10.4 Å². The lowest BCUT2D eigenvalue weighted by molar-refractivity contribution is -0.384. The number of carbonyl (C=O) groups is 1. The molecule has 0 amide bonds.